The molecule has 4 rings (SSSR count). The van der Waals surface area contributed by atoms with E-state index in [1.807, 2.05) is 76.9 Å². The lowest BCUT2D eigenvalue weighted by molar-refractivity contribution is -0.145. The smallest absolute Gasteiger partial charge is 0.410 e. The predicted octanol–water partition coefficient (Wildman–Crippen LogP) is 3.74. The number of hydrogen-bond donors (Lipinski definition) is 2. The van der Waals surface area contributed by atoms with Gasteiger partial charge in [-0.3, -0.25) is 19.7 Å². The quantitative estimate of drug-likeness (QED) is 0.339. The van der Waals surface area contributed by atoms with E-state index in [0.717, 1.165) is 16.8 Å². The Kier molecular flexibility index (Phi) is 10.3. The highest BCUT2D eigenvalue weighted by atomic mass is 16.6. The Morgan fingerprint density at radius 3 is 2.34 bits per heavy atom. The summed E-state index contributed by atoms with van der Waals surface area (Å²) in [7, 11) is 1.77. The van der Waals surface area contributed by atoms with Crippen LogP contribution in [0.5, 0.6) is 0 Å². The first kappa shape index (κ1) is 32.5. The molecule has 1 aromatic heterocycles. The van der Waals surface area contributed by atoms with Crippen LogP contribution in [0.15, 0.2) is 48.8 Å². The number of nitrogens with one attached hydrogen (secondary N) is 2. The minimum Gasteiger partial charge on any atom is -0.444 e. The fourth-order valence-electron chi connectivity index (χ4n) is 5.04. The monoisotopic (exact) mass is 604 g/mol. The van der Waals surface area contributed by atoms with Gasteiger partial charge in [0.2, 0.25) is 5.91 Å². The predicted molar refractivity (Wildman–Crippen MR) is 168 cm³/mol. The Balaban J connectivity index is 1.48. The molecule has 0 unspecified atom stereocenters. The van der Waals surface area contributed by atoms with E-state index in [4.69, 9.17) is 4.74 Å². The van der Waals surface area contributed by atoms with Gasteiger partial charge >= 0.3 is 6.09 Å². The molecule has 1 aliphatic heterocycles. The first-order chi connectivity index (χ1) is 20.8. The molecular weight excluding hydrogens is 560 g/mol. The van der Waals surface area contributed by atoms with Crippen molar-refractivity contribution in [3.05, 3.63) is 65.5 Å². The summed E-state index contributed by atoms with van der Waals surface area (Å²) in [5.74, 6) is 0.169. The van der Waals surface area contributed by atoms with Gasteiger partial charge in [-0.15, -0.1) is 0 Å². The standard InChI is InChI=1S/C32H44N8O4/c1-22(2)40(31(43)44-32(4,5)6)15-14-33-28(41)19-38(27-16-24(13-12-23(27)3)30-34-21-35-36-30)20-29(42)37(7)39-17-25-10-8-9-11-26(25)18-39/h8-13,16,21-22H,14-15,17-20H2,1-7H3,(H,33,41)(H,34,35,36). The molecule has 2 heterocycles. The van der Waals surface area contributed by atoms with E-state index in [1.165, 1.54) is 17.5 Å². The Labute approximate surface area is 259 Å². The van der Waals surface area contributed by atoms with Crippen molar-refractivity contribution in [2.24, 2.45) is 0 Å². The van der Waals surface area contributed by atoms with E-state index in [9.17, 15) is 14.4 Å². The number of likely N-dealkylation sites (N-methyl/N-ethyl adjacent to an activating group) is 1. The van der Waals surface area contributed by atoms with Crippen LogP contribution < -0.4 is 10.2 Å². The molecule has 0 bridgehead atoms. The number of H-pyrrole nitrogens is 1. The maximum absolute atomic E-state index is 13.7. The number of anilines is 1. The summed E-state index contributed by atoms with van der Waals surface area (Å²) in [6.07, 6.45) is 1.01. The second-order valence-electron chi connectivity index (χ2n) is 12.3. The third kappa shape index (κ3) is 8.34. The van der Waals surface area contributed by atoms with Crippen molar-refractivity contribution in [1.82, 2.24) is 35.4 Å². The fraction of sp³-hybridized carbons (Fsp3) is 0.469. The summed E-state index contributed by atoms with van der Waals surface area (Å²) in [6.45, 7) is 12.9. The highest BCUT2D eigenvalue weighted by Crippen LogP contribution is 2.27. The highest BCUT2D eigenvalue weighted by molar-refractivity contribution is 5.87. The molecule has 44 heavy (non-hydrogen) atoms. The van der Waals surface area contributed by atoms with Crippen molar-refractivity contribution in [2.75, 3.05) is 38.1 Å². The number of amides is 3. The zero-order chi connectivity index (χ0) is 32.0. The summed E-state index contributed by atoms with van der Waals surface area (Å²) < 4.78 is 5.53. The van der Waals surface area contributed by atoms with Gasteiger partial charge in [-0.1, -0.05) is 36.4 Å². The maximum atomic E-state index is 13.7. The number of carbonyl (C=O) groups excluding carboxylic acids is 3. The number of hydrogen-bond acceptors (Lipinski definition) is 8. The molecule has 236 valence electrons. The summed E-state index contributed by atoms with van der Waals surface area (Å²) in [6, 6.07) is 13.8. The average Bonchev–Trinajstić information content (AvgIpc) is 3.64. The summed E-state index contributed by atoms with van der Waals surface area (Å²) in [5.41, 5.74) is 4.19. The van der Waals surface area contributed by atoms with Crippen LogP contribution in [0.25, 0.3) is 11.4 Å². The molecule has 0 aliphatic carbocycles. The number of hydrazine groups is 1. The molecule has 0 atom stereocenters. The molecule has 3 amide bonds. The summed E-state index contributed by atoms with van der Waals surface area (Å²) in [5, 5.41) is 13.4. The van der Waals surface area contributed by atoms with Gasteiger partial charge in [0.05, 0.1) is 13.1 Å². The lowest BCUT2D eigenvalue weighted by Crippen LogP contribution is -2.49. The number of benzene rings is 2. The average molecular weight is 605 g/mol. The third-order valence-corrected chi connectivity index (χ3v) is 7.43. The van der Waals surface area contributed by atoms with Crippen LogP contribution in [0.1, 0.15) is 51.3 Å². The molecule has 0 radical (unpaired) electrons. The number of aromatic nitrogens is 3. The molecule has 0 saturated heterocycles. The van der Waals surface area contributed by atoms with Crippen LogP contribution in [0.4, 0.5) is 10.5 Å². The molecule has 3 aromatic rings. The van der Waals surface area contributed by atoms with Gasteiger partial charge in [0.15, 0.2) is 5.82 Å². The number of rotatable bonds is 11. The van der Waals surface area contributed by atoms with Gasteiger partial charge in [0.1, 0.15) is 11.9 Å². The van der Waals surface area contributed by atoms with Crippen LogP contribution in [-0.4, -0.2) is 92.9 Å². The van der Waals surface area contributed by atoms with Gasteiger partial charge in [0.25, 0.3) is 5.91 Å². The van der Waals surface area contributed by atoms with Crippen LogP contribution >= 0.6 is 0 Å². The number of ether oxygens (including phenoxy) is 1. The van der Waals surface area contributed by atoms with Crippen molar-refractivity contribution in [3.63, 3.8) is 0 Å². The molecule has 0 fully saturated rings. The number of aromatic amines is 1. The molecule has 2 N–H and O–H groups in total. The van der Waals surface area contributed by atoms with Crippen LogP contribution in [0.3, 0.4) is 0 Å². The normalized spacial score (nSPS) is 13.0. The van der Waals surface area contributed by atoms with E-state index in [0.29, 0.717) is 18.9 Å². The molecule has 1 aliphatic rings. The van der Waals surface area contributed by atoms with Crippen molar-refractivity contribution in [3.8, 4) is 11.4 Å². The molecule has 0 spiro atoms. The maximum Gasteiger partial charge on any atom is 0.410 e. The van der Waals surface area contributed by atoms with E-state index in [1.54, 1.807) is 21.9 Å². The topological polar surface area (TPSA) is 127 Å². The molecular formula is C32H44N8O4. The SMILES string of the molecule is Cc1ccc(-c2ncn[nH]2)cc1N(CC(=O)NCCN(C(=O)OC(C)(C)C)C(C)C)CC(=O)N(C)N1Cc2ccccc2C1. The van der Waals surface area contributed by atoms with Crippen molar-refractivity contribution < 1.29 is 19.1 Å². The van der Waals surface area contributed by atoms with Crippen LogP contribution in [0, 0.1) is 6.92 Å². The number of nitrogens with zero attached hydrogens (tertiary/aromatic N) is 6. The minimum atomic E-state index is -0.621. The van der Waals surface area contributed by atoms with E-state index in [2.05, 4.69) is 32.6 Å². The van der Waals surface area contributed by atoms with Crippen molar-refractivity contribution in [1.29, 1.82) is 0 Å². The van der Waals surface area contributed by atoms with Crippen molar-refractivity contribution >= 4 is 23.6 Å². The lowest BCUT2D eigenvalue weighted by Gasteiger charge is -2.32. The number of fused-ring (bicyclic) bond motifs is 1. The zero-order valence-electron chi connectivity index (χ0n) is 26.8. The number of carbonyl (C=O) groups is 3. The Morgan fingerprint density at radius 1 is 1.07 bits per heavy atom. The summed E-state index contributed by atoms with van der Waals surface area (Å²) in [4.78, 5) is 47.3. The van der Waals surface area contributed by atoms with Gasteiger partial charge in [0, 0.05) is 50.5 Å². The third-order valence-electron chi connectivity index (χ3n) is 7.43. The highest BCUT2D eigenvalue weighted by Gasteiger charge is 2.28. The Hall–Kier alpha value is -4.45. The van der Waals surface area contributed by atoms with E-state index >= 15 is 0 Å². The molecule has 2 aromatic carbocycles. The molecule has 12 nitrogen and oxygen atoms in total. The first-order valence-electron chi connectivity index (χ1n) is 14.9. The van der Waals surface area contributed by atoms with E-state index < -0.39 is 11.7 Å². The van der Waals surface area contributed by atoms with E-state index in [-0.39, 0.29) is 44.0 Å². The zero-order valence-corrected chi connectivity index (χ0v) is 26.8. The van der Waals surface area contributed by atoms with Gasteiger partial charge in [-0.05, 0) is 64.3 Å². The van der Waals surface area contributed by atoms with Crippen LogP contribution in [-0.2, 0) is 27.4 Å². The summed E-state index contributed by atoms with van der Waals surface area (Å²) >= 11 is 0. The van der Waals surface area contributed by atoms with Crippen molar-refractivity contribution in [2.45, 2.75) is 66.3 Å². The molecule has 12 heteroatoms. The van der Waals surface area contributed by atoms with Gasteiger partial charge < -0.3 is 19.9 Å². The van der Waals surface area contributed by atoms with Gasteiger partial charge in [-0.25, -0.2) is 14.8 Å². The minimum absolute atomic E-state index is 0.0203. The van der Waals surface area contributed by atoms with Crippen LogP contribution in [0.2, 0.25) is 0 Å². The fourth-order valence-corrected chi connectivity index (χ4v) is 5.04. The Morgan fingerprint density at radius 2 is 1.75 bits per heavy atom. The first-order valence-corrected chi connectivity index (χ1v) is 14.9. The number of aryl methyl sites for hydroxylation is 1. The van der Waals surface area contributed by atoms with Gasteiger partial charge in [-0.2, -0.15) is 5.10 Å². The second kappa shape index (κ2) is 13.9. The Bertz CT molecular complexity index is 1430. The second-order valence-corrected chi connectivity index (χ2v) is 12.3. The molecule has 0 saturated carbocycles. The lowest BCUT2D eigenvalue weighted by atomic mass is 10.1. The largest absolute Gasteiger partial charge is 0.444 e.